The molecule has 0 saturated carbocycles. The highest BCUT2D eigenvalue weighted by Gasteiger charge is 2.05. The van der Waals surface area contributed by atoms with Crippen LogP contribution in [0.15, 0.2) is 48.5 Å². The zero-order valence-electron chi connectivity index (χ0n) is 9.95. The van der Waals surface area contributed by atoms with Gasteiger partial charge in [0.25, 0.3) is 0 Å². The number of para-hydroxylation sites is 1. The molecule has 90 valence electrons. The summed E-state index contributed by atoms with van der Waals surface area (Å²) in [6.45, 7) is 0.672. The van der Waals surface area contributed by atoms with Gasteiger partial charge in [-0.15, -0.1) is 5.10 Å². The molecule has 0 amide bonds. The molecule has 2 N–H and O–H groups in total. The highest BCUT2D eigenvalue weighted by atomic mass is 15.4. The maximum atomic E-state index is 5.54. The molecule has 0 spiro atoms. The van der Waals surface area contributed by atoms with Crippen molar-refractivity contribution in [2.75, 3.05) is 6.54 Å². The summed E-state index contributed by atoms with van der Waals surface area (Å²) in [7, 11) is 0. The molecule has 0 atom stereocenters. The van der Waals surface area contributed by atoms with E-state index >= 15 is 0 Å². The van der Waals surface area contributed by atoms with Gasteiger partial charge in [-0.1, -0.05) is 29.5 Å². The Bertz CT molecular complexity index is 655. The van der Waals surface area contributed by atoms with Crippen LogP contribution in [0.5, 0.6) is 0 Å². The monoisotopic (exact) mass is 238 g/mol. The lowest BCUT2D eigenvalue weighted by atomic mass is 10.1. The molecule has 0 unspecified atom stereocenters. The number of fused-ring (bicyclic) bond motifs is 1. The quantitative estimate of drug-likeness (QED) is 0.758. The average molecular weight is 238 g/mol. The molecule has 0 aliphatic carbocycles. The largest absolute Gasteiger partial charge is 0.330 e. The summed E-state index contributed by atoms with van der Waals surface area (Å²) in [5.74, 6) is 0. The second-order valence-corrected chi connectivity index (χ2v) is 4.20. The summed E-state index contributed by atoms with van der Waals surface area (Å²) in [6.07, 6.45) is 0.901. The van der Waals surface area contributed by atoms with Crippen molar-refractivity contribution in [1.82, 2.24) is 15.0 Å². The molecule has 3 aromatic rings. The van der Waals surface area contributed by atoms with Crippen molar-refractivity contribution in [3.63, 3.8) is 0 Å². The Balaban J connectivity index is 2.03. The van der Waals surface area contributed by atoms with Gasteiger partial charge >= 0.3 is 0 Å². The molecule has 0 bridgehead atoms. The summed E-state index contributed by atoms with van der Waals surface area (Å²) in [6, 6.07) is 16.2. The second kappa shape index (κ2) is 4.58. The summed E-state index contributed by atoms with van der Waals surface area (Å²) in [5, 5.41) is 8.33. The predicted octanol–water partition coefficient (Wildman–Crippen LogP) is 1.92. The summed E-state index contributed by atoms with van der Waals surface area (Å²) >= 11 is 0. The van der Waals surface area contributed by atoms with E-state index in [1.165, 1.54) is 5.56 Å². The number of hydrogen-bond donors (Lipinski definition) is 1. The number of nitrogens with two attached hydrogens (primary N) is 1. The topological polar surface area (TPSA) is 56.7 Å². The number of aromatic nitrogens is 3. The van der Waals surface area contributed by atoms with Crippen LogP contribution in [0.4, 0.5) is 0 Å². The van der Waals surface area contributed by atoms with Gasteiger partial charge in [0.1, 0.15) is 5.52 Å². The first-order valence-electron chi connectivity index (χ1n) is 5.98. The molecule has 3 rings (SSSR count). The molecule has 1 aromatic heterocycles. The minimum Gasteiger partial charge on any atom is -0.330 e. The van der Waals surface area contributed by atoms with Gasteiger partial charge in [0.15, 0.2) is 0 Å². The van der Waals surface area contributed by atoms with Crippen molar-refractivity contribution >= 4 is 11.0 Å². The third-order valence-electron chi connectivity index (χ3n) is 2.97. The Morgan fingerprint density at radius 3 is 2.56 bits per heavy atom. The lowest BCUT2D eigenvalue weighted by Crippen LogP contribution is -2.03. The smallest absolute Gasteiger partial charge is 0.113 e. The number of nitrogens with zero attached hydrogens (tertiary/aromatic N) is 3. The van der Waals surface area contributed by atoms with Gasteiger partial charge in [0, 0.05) is 0 Å². The van der Waals surface area contributed by atoms with Crippen LogP contribution < -0.4 is 5.73 Å². The van der Waals surface area contributed by atoms with Crippen LogP contribution in [0.1, 0.15) is 5.56 Å². The fourth-order valence-electron chi connectivity index (χ4n) is 2.03. The van der Waals surface area contributed by atoms with Gasteiger partial charge in [0.2, 0.25) is 0 Å². The second-order valence-electron chi connectivity index (χ2n) is 4.20. The van der Waals surface area contributed by atoms with E-state index in [2.05, 4.69) is 22.4 Å². The Hall–Kier alpha value is -2.20. The van der Waals surface area contributed by atoms with E-state index in [4.69, 9.17) is 5.73 Å². The zero-order valence-corrected chi connectivity index (χ0v) is 9.95. The molecule has 18 heavy (non-hydrogen) atoms. The van der Waals surface area contributed by atoms with E-state index in [1.54, 1.807) is 0 Å². The first kappa shape index (κ1) is 10.9. The Morgan fingerprint density at radius 2 is 1.78 bits per heavy atom. The van der Waals surface area contributed by atoms with E-state index in [0.29, 0.717) is 6.54 Å². The van der Waals surface area contributed by atoms with Gasteiger partial charge < -0.3 is 5.73 Å². The van der Waals surface area contributed by atoms with Gasteiger partial charge in [-0.2, -0.15) is 0 Å². The third-order valence-corrected chi connectivity index (χ3v) is 2.97. The molecule has 0 radical (unpaired) electrons. The standard InChI is InChI=1S/C14H14N4/c15-10-9-11-5-7-12(8-6-11)18-14-4-2-1-3-13(14)16-17-18/h1-8H,9-10,15H2. The summed E-state index contributed by atoms with van der Waals surface area (Å²) in [5.41, 5.74) is 9.72. The molecule has 1 heterocycles. The van der Waals surface area contributed by atoms with Crippen LogP contribution >= 0.6 is 0 Å². The minimum absolute atomic E-state index is 0.672. The first-order chi connectivity index (χ1) is 8.88. The molecular weight excluding hydrogens is 224 g/mol. The van der Waals surface area contributed by atoms with Crippen LogP contribution in [-0.2, 0) is 6.42 Å². The Labute approximate surface area is 105 Å². The zero-order chi connectivity index (χ0) is 12.4. The molecule has 2 aromatic carbocycles. The molecule has 0 fully saturated rings. The number of rotatable bonds is 3. The minimum atomic E-state index is 0.672. The van der Waals surface area contributed by atoms with Crippen molar-refractivity contribution in [3.8, 4) is 5.69 Å². The predicted molar refractivity (Wildman–Crippen MR) is 71.6 cm³/mol. The van der Waals surface area contributed by atoms with Crippen LogP contribution in [0.2, 0.25) is 0 Å². The normalized spacial score (nSPS) is 10.9. The Morgan fingerprint density at radius 1 is 1.00 bits per heavy atom. The van der Waals surface area contributed by atoms with Gasteiger partial charge in [-0.05, 0) is 42.8 Å². The molecule has 4 nitrogen and oxygen atoms in total. The highest BCUT2D eigenvalue weighted by Crippen LogP contribution is 2.16. The van der Waals surface area contributed by atoms with Crippen molar-refractivity contribution in [2.24, 2.45) is 5.73 Å². The summed E-state index contributed by atoms with van der Waals surface area (Å²) in [4.78, 5) is 0. The Kier molecular flexibility index (Phi) is 2.78. The lowest BCUT2D eigenvalue weighted by molar-refractivity contribution is 0.823. The third kappa shape index (κ3) is 1.87. The van der Waals surface area contributed by atoms with Crippen LogP contribution in [0.25, 0.3) is 16.7 Å². The van der Waals surface area contributed by atoms with E-state index in [1.807, 2.05) is 41.1 Å². The maximum absolute atomic E-state index is 5.54. The molecule has 4 heteroatoms. The maximum Gasteiger partial charge on any atom is 0.113 e. The highest BCUT2D eigenvalue weighted by molar-refractivity contribution is 5.75. The van der Waals surface area contributed by atoms with Gasteiger partial charge in [0.05, 0.1) is 11.2 Å². The lowest BCUT2D eigenvalue weighted by Gasteiger charge is -2.03. The van der Waals surface area contributed by atoms with Gasteiger partial charge in [-0.3, -0.25) is 0 Å². The van der Waals surface area contributed by atoms with E-state index < -0.39 is 0 Å². The van der Waals surface area contributed by atoms with Crippen LogP contribution in [0, 0.1) is 0 Å². The molecule has 0 aliphatic rings. The fourth-order valence-corrected chi connectivity index (χ4v) is 2.03. The van der Waals surface area contributed by atoms with Crippen molar-refractivity contribution < 1.29 is 0 Å². The van der Waals surface area contributed by atoms with E-state index in [9.17, 15) is 0 Å². The van der Waals surface area contributed by atoms with Crippen molar-refractivity contribution in [2.45, 2.75) is 6.42 Å². The van der Waals surface area contributed by atoms with Crippen molar-refractivity contribution in [1.29, 1.82) is 0 Å². The first-order valence-corrected chi connectivity index (χ1v) is 5.98. The van der Waals surface area contributed by atoms with E-state index in [0.717, 1.165) is 23.1 Å². The number of hydrogen-bond acceptors (Lipinski definition) is 3. The van der Waals surface area contributed by atoms with Crippen LogP contribution in [-0.4, -0.2) is 21.5 Å². The van der Waals surface area contributed by atoms with Crippen LogP contribution in [0.3, 0.4) is 0 Å². The van der Waals surface area contributed by atoms with E-state index in [-0.39, 0.29) is 0 Å². The number of benzene rings is 2. The SMILES string of the molecule is NCCc1ccc(-n2nnc3ccccc32)cc1. The fraction of sp³-hybridized carbons (Fsp3) is 0.143. The molecular formula is C14H14N4. The molecule has 0 saturated heterocycles. The van der Waals surface area contributed by atoms with Gasteiger partial charge in [-0.25, -0.2) is 4.68 Å². The van der Waals surface area contributed by atoms with Crippen molar-refractivity contribution in [3.05, 3.63) is 54.1 Å². The molecule has 0 aliphatic heterocycles. The summed E-state index contributed by atoms with van der Waals surface area (Å²) < 4.78 is 1.85. The average Bonchev–Trinajstić information content (AvgIpc) is 2.84.